The Hall–Kier alpha value is -3.19. The Morgan fingerprint density at radius 1 is 0.943 bits per heavy atom. The molecule has 3 rings (SSSR count). The number of carbonyl (C=O) groups excluding carboxylic acids is 1. The van der Waals surface area contributed by atoms with Crippen molar-refractivity contribution >= 4 is 16.0 Å². The quantitative estimate of drug-likeness (QED) is 0.341. The van der Waals surface area contributed by atoms with Gasteiger partial charge in [0.15, 0.2) is 0 Å². The molecule has 7 heteroatoms. The Morgan fingerprint density at radius 3 is 2.03 bits per heavy atom. The molecule has 0 spiro atoms. The van der Waals surface area contributed by atoms with Crippen LogP contribution in [0.4, 0.5) is 4.39 Å². The van der Waals surface area contributed by atoms with Gasteiger partial charge in [0.2, 0.25) is 0 Å². The predicted molar refractivity (Wildman–Crippen MR) is 135 cm³/mol. The largest absolute Gasteiger partial charge is 0.379 e. The first-order valence-electron chi connectivity index (χ1n) is 11.6. The maximum atomic E-state index is 13.3. The van der Waals surface area contributed by atoms with Crippen LogP contribution >= 0.6 is 0 Å². The predicted octanol–water partition coefficient (Wildman–Crippen LogP) is 6.33. The lowest BCUT2D eigenvalue weighted by Gasteiger charge is -2.29. The van der Waals surface area contributed by atoms with Crippen molar-refractivity contribution in [2.45, 2.75) is 63.9 Å². The normalized spacial score (nSPS) is 12.7. The van der Waals surface area contributed by atoms with Gasteiger partial charge in [-0.15, -0.1) is 0 Å². The standard InChI is InChI=1S/C28H32FNO4S/c1-6-20(2)30(27(31)22-9-11-23(12-10-22)28(3,4)5)19-21-7-15-25(16-8-21)34-35(32,33)26-17-13-24(29)14-18-26/h7-18,20H,6,19H2,1-5H3. The number of rotatable bonds is 8. The van der Waals surface area contributed by atoms with E-state index in [4.69, 9.17) is 4.18 Å². The molecule has 0 fully saturated rings. The van der Waals surface area contributed by atoms with Crippen molar-refractivity contribution < 1.29 is 21.8 Å². The van der Waals surface area contributed by atoms with Crippen LogP contribution in [0, 0.1) is 5.82 Å². The third-order valence-corrected chi connectivity index (χ3v) is 7.23. The maximum absolute atomic E-state index is 13.3. The van der Waals surface area contributed by atoms with Gasteiger partial charge in [-0.25, -0.2) is 4.39 Å². The number of hydrogen-bond acceptors (Lipinski definition) is 4. The average Bonchev–Trinajstić information content (AvgIpc) is 2.82. The minimum Gasteiger partial charge on any atom is -0.379 e. The summed E-state index contributed by atoms with van der Waals surface area (Å²) in [6, 6.07) is 18.8. The van der Waals surface area contributed by atoms with Crippen LogP contribution in [-0.2, 0) is 22.1 Å². The molecule has 186 valence electrons. The lowest BCUT2D eigenvalue weighted by atomic mass is 9.86. The summed E-state index contributed by atoms with van der Waals surface area (Å²) in [6.45, 7) is 10.8. The monoisotopic (exact) mass is 497 g/mol. The van der Waals surface area contributed by atoms with Crippen molar-refractivity contribution in [1.29, 1.82) is 0 Å². The second-order valence-corrected chi connectivity index (χ2v) is 11.2. The topological polar surface area (TPSA) is 63.7 Å². The number of carbonyl (C=O) groups is 1. The van der Waals surface area contributed by atoms with Crippen molar-refractivity contribution in [3.63, 3.8) is 0 Å². The second kappa shape index (κ2) is 10.6. The van der Waals surface area contributed by atoms with Crippen molar-refractivity contribution in [2.24, 2.45) is 0 Å². The molecule has 0 N–H and O–H groups in total. The molecule has 0 aliphatic carbocycles. The summed E-state index contributed by atoms with van der Waals surface area (Å²) in [5.41, 5.74) is 2.64. The highest BCUT2D eigenvalue weighted by Gasteiger charge is 2.22. The fraction of sp³-hybridized carbons (Fsp3) is 0.321. The van der Waals surface area contributed by atoms with Crippen LogP contribution < -0.4 is 4.18 Å². The summed E-state index contributed by atoms with van der Waals surface area (Å²) >= 11 is 0. The highest BCUT2D eigenvalue weighted by Crippen LogP contribution is 2.24. The van der Waals surface area contributed by atoms with Crippen LogP contribution in [0.3, 0.4) is 0 Å². The van der Waals surface area contributed by atoms with Crippen LogP contribution in [0.5, 0.6) is 5.75 Å². The molecule has 0 aliphatic rings. The van der Waals surface area contributed by atoms with Crippen LogP contribution in [0.15, 0.2) is 77.7 Å². The Bertz CT molecular complexity index is 1250. The molecule has 0 heterocycles. The van der Waals surface area contributed by atoms with Gasteiger partial charge >= 0.3 is 10.1 Å². The molecule has 1 amide bonds. The summed E-state index contributed by atoms with van der Waals surface area (Å²) < 4.78 is 43.2. The van der Waals surface area contributed by atoms with Gasteiger partial charge in [0.25, 0.3) is 5.91 Å². The van der Waals surface area contributed by atoms with Crippen LogP contribution in [0.1, 0.15) is 62.5 Å². The number of nitrogens with zero attached hydrogens (tertiary/aromatic N) is 1. The van der Waals surface area contributed by atoms with E-state index in [0.29, 0.717) is 12.1 Å². The molecule has 1 atom stereocenters. The zero-order valence-electron chi connectivity index (χ0n) is 20.8. The Balaban J connectivity index is 1.75. The fourth-order valence-electron chi connectivity index (χ4n) is 3.55. The van der Waals surface area contributed by atoms with Crippen LogP contribution in [0.25, 0.3) is 0 Å². The van der Waals surface area contributed by atoms with Crippen molar-refractivity contribution in [2.75, 3.05) is 0 Å². The second-order valence-electron chi connectivity index (χ2n) is 9.65. The van der Waals surface area contributed by atoms with Crippen LogP contribution in [0.2, 0.25) is 0 Å². The smallest absolute Gasteiger partial charge is 0.339 e. The summed E-state index contributed by atoms with van der Waals surface area (Å²) in [7, 11) is -4.08. The Morgan fingerprint density at radius 2 is 1.51 bits per heavy atom. The zero-order chi connectivity index (χ0) is 25.8. The van der Waals surface area contributed by atoms with E-state index < -0.39 is 15.9 Å². The van der Waals surface area contributed by atoms with E-state index in [1.165, 1.54) is 0 Å². The fourth-order valence-corrected chi connectivity index (χ4v) is 4.48. The van der Waals surface area contributed by atoms with E-state index in [-0.39, 0.29) is 28.0 Å². The maximum Gasteiger partial charge on any atom is 0.339 e. The molecule has 0 saturated heterocycles. The van der Waals surface area contributed by atoms with E-state index >= 15 is 0 Å². The van der Waals surface area contributed by atoms with Gasteiger partial charge in [0, 0.05) is 18.2 Å². The van der Waals surface area contributed by atoms with Gasteiger partial charge in [-0.3, -0.25) is 4.79 Å². The van der Waals surface area contributed by atoms with Gasteiger partial charge < -0.3 is 9.08 Å². The molecule has 0 saturated carbocycles. The van der Waals surface area contributed by atoms with E-state index in [9.17, 15) is 17.6 Å². The highest BCUT2D eigenvalue weighted by atomic mass is 32.2. The van der Waals surface area contributed by atoms with Crippen molar-refractivity contribution in [1.82, 2.24) is 4.90 Å². The van der Waals surface area contributed by atoms with Crippen molar-refractivity contribution in [3.05, 3.63) is 95.3 Å². The molecule has 1 unspecified atom stereocenters. The molecular formula is C28H32FNO4S. The van der Waals surface area contributed by atoms with Gasteiger partial charge in [-0.05, 0) is 78.4 Å². The third kappa shape index (κ3) is 6.69. The van der Waals surface area contributed by atoms with Gasteiger partial charge in [0.1, 0.15) is 16.5 Å². The van der Waals surface area contributed by atoms with E-state index in [1.807, 2.05) is 43.0 Å². The van der Waals surface area contributed by atoms with Crippen LogP contribution in [-0.4, -0.2) is 25.3 Å². The SMILES string of the molecule is CCC(C)N(Cc1ccc(OS(=O)(=O)c2ccc(F)cc2)cc1)C(=O)c1ccc(C(C)(C)C)cc1. The molecule has 0 aliphatic heterocycles. The number of halogens is 1. The molecular weight excluding hydrogens is 465 g/mol. The number of hydrogen-bond donors (Lipinski definition) is 0. The molecule has 35 heavy (non-hydrogen) atoms. The Labute approximate surface area is 207 Å². The minimum absolute atomic E-state index is 0.00592. The van der Waals surface area contributed by atoms with Gasteiger partial charge in [0.05, 0.1) is 0 Å². The minimum atomic E-state index is -4.08. The summed E-state index contributed by atoms with van der Waals surface area (Å²) in [5, 5.41) is 0. The first kappa shape index (κ1) is 26.4. The van der Waals surface area contributed by atoms with Gasteiger partial charge in [-0.2, -0.15) is 8.42 Å². The molecule has 3 aromatic rings. The number of amides is 1. The number of benzene rings is 3. The summed E-state index contributed by atoms with van der Waals surface area (Å²) in [4.78, 5) is 15.0. The van der Waals surface area contributed by atoms with E-state index in [0.717, 1.165) is 41.8 Å². The third-order valence-electron chi connectivity index (χ3n) is 5.97. The first-order valence-corrected chi connectivity index (χ1v) is 13.0. The summed E-state index contributed by atoms with van der Waals surface area (Å²) in [6.07, 6.45) is 0.795. The Kier molecular flexibility index (Phi) is 8.00. The lowest BCUT2D eigenvalue weighted by molar-refractivity contribution is 0.0671. The first-order chi connectivity index (χ1) is 16.4. The molecule has 0 aromatic heterocycles. The van der Waals surface area contributed by atoms with Gasteiger partial charge in [-0.1, -0.05) is 52.0 Å². The molecule has 3 aromatic carbocycles. The summed E-state index contributed by atoms with van der Waals surface area (Å²) in [5.74, 6) is -0.449. The highest BCUT2D eigenvalue weighted by molar-refractivity contribution is 7.87. The zero-order valence-corrected chi connectivity index (χ0v) is 21.6. The van der Waals surface area contributed by atoms with E-state index in [1.54, 1.807) is 24.3 Å². The molecule has 0 bridgehead atoms. The van der Waals surface area contributed by atoms with Crippen molar-refractivity contribution in [3.8, 4) is 5.75 Å². The molecule has 0 radical (unpaired) electrons. The molecule has 5 nitrogen and oxygen atoms in total. The van der Waals surface area contributed by atoms with E-state index in [2.05, 4.69) is 20.8 Å². The average molecular weight is 498 g/mol. The lowest BCUT2D eigenvalue weighted by Crippen LogP contribution is -2.37.